The first-order valence-corrected chi connectivity index (χ1v) is 4.99. The summed E-state index contributed by atoms with van der Waals surface area (Å²) in [5.41, 5.74) is 1.15. The molecule has 0 radical (unpaired) electrons. The van der Waals surface area contributed by atoms with E-state index in [1.807, 2.05) is 18.2 Å². The van der Waals surface area contributed by atoms with E-state index < -0.39 is 5.97 Å². The number of rotatable bonds is 4. The molecule has 1 aromatic carbocycles. The Morgan fingerprint density at radius 1 is 1.53 bits per heavy atom. The molecule has 1 aromatic heterocycles. The second-order valence-corrected chi connectivity index (χ2v) is 3.45. The molecule has 0 bridgehead atoms. The molecule has 0 unspecified atom stereocenters. The van der Waals surface area contributed by atoms with Crippen molar-refractivity contribution in [3.63, 3.8) is 0 Å². The summed E-state index contributed by atoms with van der Waals surface area (Å²) in [6.07, 6.45) is 1.20. The number of nitrogens with zero attached hydrogens (tertiary/aromatic N) is 1. The fourth-order valence-electron chi connectivity index (χ4n) is 1.43. The Balaban J connectivity index is 2.26. The number of methoxy groups -OCH3 is 1. The minimum absolute atomic E-state index is 0.145. The van der Waals surface area contributed by atoms with Gasteiger partial charge >= 0.3 is 5.97 Å². The molecule has 5 nitrogen and oxygen atoms in total. The highest BCUT2D eigenvalue weighted by atomic mass is 16.5. The molecule has 0 aliphatic rings. The quantitative estimate of drug-likeness (QED) is 0.874. The van der Waals surface area contributed by atoms with Gasteiger partial charge in [-0.25, -0.2) is 4.98 Å². The second kappa shape index (κ2) is 4.69. The molecule has 0 saturated carbocycles. The average Bonchev–Trinajstić information content (AvgIpc) is 2.77. The summed E-state index contributed by atoms with van der Waals surface area (Å²) in [7, 11) is 1.57. The fourth-order valence-corrected chi connectivity index (χ4v) is 1.43. The number of aliphatic carboxylic acids is 1. The summed E-state index contributed by atoms with van der Waals surface area (Å²) in [5.74, 6) is 0.149. The largest absolute Gasteiger partial charge is 0.497 e. The average molecular weight is 233 g/mol. The van der Waals surface area contributed by atoms with Crippen molar-refractivity contribution in [1.29, 1.82) is 0 Å². The van der Waals surface area contributed by atoms with Gasteiger partial charge in [-0.15, -0.1) is 0 Å². The molecule has 17 heavy (non-hydrogen) atoms. The van der Waals surface area contributed by atoms with Gasteiger partial charge in [-0.2, -0.15) is 0 Å². The molecule has 88 valence electrons. The van der Waals surface area contributed by atoms with Crippen LogP contribution in [0.15, 0.2) is 34.9 Å². The van der Waals surface area contributed by atoms with Crippen molar-refractivity contribution in [2.24, 2.45) is 0 Å². The van der Waals surface area contributed by atoms with Crippen LogP contribution < -0.4 is 4.74 Å². The van der Waals surface area contributed by atoms with E-state index in [1.54, 1.807) is 13.2 Å². The Morgan fingerprint density at radius 2 is 2.35 bits per heavy atom. The minimum atomic E-state index is -0.935. The lowest BCUT2D eigenvalue weighted by Crippen LogP contribution is -1.99. The van der Waals surface area contributed by atoms with Gasteiger partial charge in [-0.05, 0) is 18.2 Å². The summed E-state index contributed by atoms with van der Waals surface area (Å²) in [6, 6.07) is 7.22. The van der Waals surface area contributed by atoms with Crippen LogP contribution in [0.5, 0.6) is 5.75 Å². The molecular weight excluding hydrogens is 222 g/mol. The maximum atomic E-state index is 10.5. The number of hydrogen-bond acceptors (Lipinski definition) is 4. The van der Waals surface area contributed by atoms with E-state index in [1.165, 1.54) is 6.26 Å². The number of ether oxygens (including phenoxy) is 1. The Morgan fingerprint density at radius 3 is 3.06 bits per heavy atom. The first-order chi connectivity index (χ1) is 8.19. The molecule has 0 saturated heterocycles. The number of carbonyl (C=O) groups is 1. The van der Waals surface area contributed by atoms with Crippen molar-refractivity contribution in [2.45, 2.75) is 6.42 Å². The van der Waals surface area contributed by atoms with Gasteiger partial charge in [0.25, 0.3) is 0 Å². The second-order valence-electron chi connectivity index (χ2n) is 3.45. The van der Waals surface area contributed by atoms with Gasteiger partial charge in [0.15, 0.2) is 0 Å². The third kappa shape index (κ3) is 2.63. The van der Waals surface area contributed by atoms with Gasteiger partial charge in [0, 0.05) is 5.56 Å². The predicted molar refractivity (Wildman–Crippen MR) is 59.8 cm³/mol. The van der Waals surface area contributed by atoms with Crippen LogP contribution in [0.25, 0.3) is 11.5 Å². The number of carboxylic acids is 1. The highest BCUT2D eigenvalue weighted by Gasteiger charge is 2.09. The van der Waals surface area contributed by atoms with E-state index in [-0.39, 0.29) is 6.42 Å². The van der Waals surface area contributed by atoms with Crippen molar-refractivity contribution in [2.75, 3.05) is 7.11 Å². The SMILES string of the molecule is COc1cccc(-c2nc(CC(=O)O)co2)c1. The van der Waals surface area contributed by atoms with Crippen molar-refractivity contribution in [1.82, 2.24) is 4.98 Å². The maximum absolute atomic E-state index is 10.5. The van der Waals surface area contributed by atoms with Crippen molar-refractivity contribution in [3.05, 3.63) is 36.2 Å². The van der Waals surface area contributed by atoms with Crippen LogP contribution in [0.2, 0.25) is 0 Å². The summed E-state index contributed by atoms with van der Waals surface area (Å²) < 4.78 is 10.3. The van der Waals surface area contributed by atoms with Gasteiger partial charge < -0.3 is 14.3 Å². The Hall–Kier alpha value is -2.30. The molecule has 0 atom stereocenters. The van der Waals surface area contributed by atoms with Gasteiger partial charge in [0.1, 0.15) is 12.0 Å². The zero-order chi connectivity index (χ0) is 12.3. The van der Waals surface area contributed by atoms with E-state index in [4.69, 9.17) is 14.3 Å². The molecule has 1 heterocycles. The monoisotopic (exact) mass is 233 g/mol. The normalized spacial score (nSPS) is 10.2. The molecule has 2 aromatic rings. The zero-order valence-corrected chi connectivity index (χ0v) is 9.21. The summed E-state index contributed by atoms with van der Waals surface area (Å²) in [6.45, 7) is 0. The van der Waals surface area contributed by atoms with Crippen LogP contribution in [-0.2, 0) is 11.2 Å². The smallest absolute Gasteiger partial charge is 0.309 e. The molecule has 2 rings (SSSR count). The number of oxazole rings is 1. The summed E-state index contributed by atoms with van der Waals surface area (Å²) >= 11 is 0. The Bertz CT molecular complexity index is 533. The first-order valence-electron chi connectivity index (χ1n) is 4.99. The third-order valence-corrected chi connectivity index (χ3v) is 2.20. The standard InChI is InChI=1S/C12H11NO4/c1-16-10-4-2-3-8(5-10)12-13-9(7-17-12)6-11(14)15/h2-5,7H,6H2,1H3,(H,14,15). The lowest BCUT2D eigenvalue weighted by Gasteiger charge is -2.00. The minimum Gasteiger partial charge on any atom is -0.497 e. The van der Waals surface area contributed by atoms with Gasteiger partial charge in [0.05, 0.1) is 19.2 Å². The van der Waals surface area contributed by atoms with Crippen molar-refractivity contribution < 1.29 is 19.1 Å². The van der Waals surface area contributed by atoms with E-state index in [0.717, 1.165) is 5.56 Å². The third-order valence-electron chi connectivity index (χ3n) is 2.20. The van der Waals surface area contributed by atoms with Crippen LogP contribution in [0, 0.1) is 0 Å². The molecule has 0 spiro atoms. The van der Waals surface area contributed by atoms with E-state index in [9.17, 15) is 4.79 Å². The predicted octanol–water partition coefficient (Wildman–Crippen LogP) is 1.98. The number of benzene rings is 1. The lowest BCUT2D eigenvalue weighted by molar-refractivity contribution is -0.136. The van der Waals surface area contributed by atoms with E-state index in [0.29, 0.717) is 17.3 Å². The number of carboxylic acid groups (broad SMARTS) is 1. The molecule has 0 amide bonds. The molecule has 0 aliphatic carbocycles. The maximum Gasteiger partial charge on any atom is 0.309 e. The highest BCUT2D eigenvalue weighted by Crippen LogP contribution is 2.23. The van der Waals surface area contributed by atoms with E-state index in [2.05, 4.69) is 4.98 Å². The Labute approximate surface area is 97.7 Å². The number of aromatic nitrogens is 1. The summed E-state index contributed by atoms with van der Waals surface area (Å²) in [5, 5.41) is 8.63. The fraction of sp³-hybridized carbons (Fsp3) is 0.167. The lowest BCUT2D eigenvalue weighted by atomic mass is 10.2. The topological polar surface area (TPSA) is 72.6 Å². The molecule has 0 aliphatic heterocycles. The molecule has 0 fully saturated rings. The van der Waals surface area contributed by atoms with Gasteiger partial charge in [-0.1, -0.05) is 6.07 Å². The van der Waals surface area contributed by atoms with Crippen molar-refractivity contribution >= 4 is 5.97 Å². The van der Waals surface area contributed by atoms with E-state index >= 15 is 0 Å². The van der Waals surface area contributed by atoms with Crippen LogP contribution in [0.3, 0.4) is 0 Å². The zero-order valence-electron chi connectivity index (χ0n) is 9.21. The molecule has 5 heteroatoms. The van der Waals surface area contributed by atoms with Crippen LogP contribution in [-0.4, -0.2) is 23.2 Å². The molecular formula is C12H11NO4. The number of hydrogen-bond donors (Lipinski definition) is 1. The molecule has 1 N–H and O–H groups in total. The first kappa shape index (κ1) is 11.2. The summed E-state index contributed by atoms with van der Waals surface area (Å²) in [4.78, 5) is 14.6. The van der Waals surface area contributed by atoms with Gasteiger partial charge in [-0.3, -0.25) is 4.79 Å². The highest BCUT2D eigenvalue weighted by molar-refractivity contribution is 5.69. The van der Waals surface area contributed by atoms with Gasteiger partial charge in [0.2, 0.25) is 5.89 Å². The van der Waals surface area contributed by atoms with Crippen molar-refractivity contribution in [3.8, 4) is 17.2 Å². The Kier molecular flexibility index (Phi) is 3.09. The van der Waals surface area contributed by atoms with Crippen LogP contribution in [0.4, 0.5) is 0 Å². The van der Waals surface area contributed by atoms with Crippen LogP contribution >= 0.6 is 0 Å². The van der Waals surface area contributed by atoms with Crippen LogP contribution in [0.1, 0.15) is 5.69 Å².